The van der Waals surface area contributed by atoms with E-state index >= 15 is 0 Å². The molecule has 0 saturated heterocycles. The van der Waals surface area contributed by atoms with Gasteiger partial charge in [0.1, 0.15) is 23.5 Å². The van der Waals surface area contributed by atoms with Crippen molar-refractivity contribution in [3.05, 3.63) is 121 Å². The predicted molar refractivity (Wildman–Crippen MR) is 158 cm³/mol. The molecule has 3 aromatic heterocycles. The number of hydrogen-bond donors (Lipinski definition) is 0. The average Bonchev–Trinajstić information content (AvgIpc) is 3.52. The zero-order valence-corrected chi connectivity index (χ0v) is 22.2. The number of fused-ring (bicyclic) bond motifs is 3. The van der Waals surface area contributed by atoms with Crippen molar-refractivity contribution in [2.75, 3.05) is 0 Å². The quantitative estimate of drug-likeness (QED) is 0.226. The number of aryl methyl sites for hydroxylation is 3. The first-order chi connectivity index (χ1) is 19.1. The Morgan fingerprint density at radius 1 is 0.692 bits per heavy atom. The van der Waals surface area contributed by atoms with Crippen molar-refractivity contribution in [3.8, 4) is 45.0 Å². The van der Waals surface area contributed by atoms with Crippen LogP contribution in [0.5, 0.6) is 0 Å². The maximum absolute atomic E-state index is 6.64. The van der Waals surface area contributed by atoms with Crippen LogP contribution in [0.25, 0.3) is 67.0 Å². The number of rotatable bonds is 4. The molecule has 0 amide bonds. The third kappa shape index (κ3) is 3.93. The summed E-state index contributed by atoms with van der Waals surface area (Å²) in [7, 11) is 4.15. The number of imidazole rings is 1. The van der Waals surface area contributed by atoms with Gasteiger partial charge in [0.2, 0.25) is 0 Å². The third-order valence-corrected chi connectivity index (χ3v) is 7.55. The molecule has 0 aliphatic heterocycles. The monoisotopic (exact) mass is 506 g/mol. The van der Waals surface area contributed by atoms with Crippen LogP contribution in [-0.2, 0) is 14.1 Å². The second-order valence-electron chi connectivity index (χ2n) is 10.1. The van der Waals surface area contributed by atoms with E-state index in [1.807, 2.05) is 12.1 Å². The van der Waals surface area contributed by atoms with E-state index in [-0.39, 0.29) is 0 Å². The summed E-state index contributed by atoms with van der Waals surface area (Å²) >= 11 is 0. The normalized spacial score (nSPS) is 11.5. The van der Waals surface area contributed by atoms with Gasteiger partial charge in [0.25, 0.3) is 5.82 Å². The number of hydrogen-bond acceptors (Lipinski definition) is 2. The van der Waals surface area contributed by atoms with Gasteiger partial charge in [-0.05, 0) is 47.9 Å². The molecule has 0 aliphatic rings. The summed E-state index contributed by atoms with van der Waals surface area (Å²) in [5.74, 6) is 1.11. The first kappa shape index (κ1) is 23.2. The summed E-state index contributed by atoms with van der Waals surface area (Å²) < 4.78 is 10.9. The molecule has 0 aliphatic carbocycles. The first-order valence-corrected chi connectivity index (χ1v) is 13.2. The van der Waals surface area contributed by atoms with Crippen molar-refractivity contribution in [1.29, 1.82) is 0 Å². The summed E-state index contributed by atoms with van der Waals surface area (Å²) in [6, 6.07) is 36.0. The lowest BCUT2D eigenvalue weighted by Crippen LogP contribution is -2.29. The van der Waals surface area contributed by atoms with Crippen LogP contribution in [-0.4, -0.2) is 9.55 Å². The molecular formula is C35H28N3O+. The fourth-order valence-corrected chi connectivity index (χ4v) is 5.55. The van der Waals surface area contributed by atoms with Gasteiger partial charge in [-0.1, -0.05) is 78.9 Å². The van der Waals surface area contributed by atoms with E-state index in [0.29, 0.717) is 0 Å². The third-order valence-electron chi connectivity index (χ3n) is 7.55. The summed E-state index contributed by atoms with van der Waals surface area (Å²) in [5.41, 5.74) is 10.4. The van der Waals surface area contributed by atoms with Crippen LogP contribution in [0.2, 0.25) is 0 Å². The standard InChI is InChI=1S/C35H28N3O/c1-23-14-16-29-28-17-15-26(22-32(28)39-34(29)33(23)35-37(2)18-19-38(35)3)31-21-27(24-10-6-4-7-11-24)20-30(36-31)25-12-8-5-9-13-25/h4-22H,1-3H3/q+1. The molecule has 7 aromatic rings. The molecular weight excluding hydrogens is 478 g/mol. The van der Waals surface area contributed by atoms with Crippen molar-refractivity contribution >= 4 is 21.9 Å². The van der Waals surface area contributed by atoms with Gasteiger partial charge in [-0.2, -0.15) is 0 Å². The number of nitrogens with zero attached hydrogens (tertiary/aromatic N) is 3. The molecule has 0 bridgehead atoms. The van der Waals surface area contributed by atoms with Gasteiger partial charge in [0.05, 0.1) is 25.5 Å². The van der Waals surface area contributed by atoms with Gasteiger partial charge in [-0.15, -0.1) is 0 Å². The number of benzene rings is 4. The fraction of sp³-hybridized carbons (Fsp3) is 0.0857. The van der Waals surface area contributed by atoms with Gasteiger partial charge in [-0.3, -0.25) is 0 Å². The number of furan rings is 1. The Morgan fingerprint density at radius 3 is 2.05 bits per heavy atom. The maximum Gasteiger partial charge on any atom is 0.292 e. The summed E-state index contributed by atoms with van der Waals surface area (Å²) in [4.78, 5) is 5.11. The van der Waals surface area contributed by atoms with Crippen LogP contribution in [0.1, 0.15) is 5.56 Å². The lowest BCUT2D eigenvalue weighted by molar-refractivity contribution is -0.659. The van der Waals surface area contributed by atoms with E-state index in [1.54, 1.807) is 0 Å². The van der Waals surface area contributed by atoms with Crippen LogP contribution < -0.4 is 4.57 Å². The van der Waals surface area contributed by atoms with Crippen LogP contribution in [0.3, 0.4) is 0 Å². The Kier molecular flexibility index (Phi) is 5.41. The molecule has 3 heterocycles. The molecule has 0 atom stereocenters. The summed E-state index contributed by atoms with van der Waals surface area (Å²) in [6.07, 6.45) is 4.15. The van der Waals surface area contributed by atoms with Crippen molar-refractivity contribution in [1.82, 2.24) is 9.55 Å². The molecule has 188 valence electrons. The van der Waals surface area contributed by atoms with E-state index < -0.39 is 0 Å². The highest BCUT2D eigenvalue weighted by molar-refractivity contribution is 6.10. The number of pyridine rings is 1. The SMILES string of the molecule is Cc1ccc2c(oc3cc(-c4cc(-c5ccccc5)cc(-c5ccccc5)n4)ccc32)c1-c1n(C)cc[n+]1C. The minimum atomic E-state index is 0.861. The Bertz CT molecular complexity index is 1900. The molecule has 0 spiro atoms. The lowest BCUT2D eigenvalue weighted by Gasteiger charge is -2.10. The van der Waals surface area contributed by atoms with E-state index in [2.05, 4.69) is 134 Å². The van der Waals surface area contributed by atoms with Gasteiger partial charge >= 0.3 is 0 Å². The highest BCUT2D eigenvalue weighted by Crippen LogP contribution is 2.39. The smallest absolute Gasteiger partial charge is 0.292 e. The molecule has 0 N–H and O–H groups in total. The van der Waals surface area contributed by atoms with Crippen LogP contribution in [0.4, 0.5) is 0 Å². The van der Waals surface area contributed by atoms with Crippen LogP contribution in [0.15, 0.2) is 120 Å². The van der Waals surface area contributed by atoms with E-state index in [9.17, 15) is 0 Å². The summed E-state index contributed by atoms with van der Waals surface area (Å²) in [6.45, 7) is 2.14. The van der Waals surface area contributed by atoms with Gasteiger partial charge in [0, 0.05) is 21.9 Å². The zero-order chi connectivity index (χ0) is 26.5. The van der Waals surface area contributed by atoms with Gasteiger partial charge < -0.3 is 4.42 Å². The second kappa shape index (κ2) is 9.10. The minimum Gasteiger partial charge on any atom is -0.455 e. The maximum atomic E-state index is 6.64. The fourth-order valence-electron chi connectivity index (χ4n) is 5.55. The Morgan fingerprint density at radius 2 is 1.36 bits per heavy atom. The van der Waals surface area contributed by atoms with E-state index in [4.69, 9.17) is 9.40 Å². The molecule has 7 rings (SSSR count). The Hall–Kier alpha value is -4.96. The van der Waals surface area contributed by atoms with Crippen molar-refractivity contribution < 1.29 is 8.98 Å². The molecule has 0 radical (unpaired) electrons. The first-order valence-electron chi connectivity index (χ1n) is 13.2. The largest absolute Gasteiger partial charge is 0.455 e. The van der Waals surface area contributed by atoms with Crippen molar-refractivity contribution in [3.63, 3.8) is 0 Å². The highest BCUT2D eigenvalue weighted by Gasteiger charge is 2.23. The Balaban J connectivity index is 1.43. The van der Waals surface area contributed by atoms with Crippen LogP contribution in [0, 0.1) is 6.92 Å². The number of aromatic nitrogens is 3. The molecule has 4 aromatic carbocycles. The van der Waals surface area contributed by atoms with Crippen molar-refractivity contribution in [2.24, 2.45) is 14.1 Å². The topological polar surface area (TPSA) is 34.8 Å². The lowest BCUT2D eigenvalue weighted by atomic mass is 9.99. The van der Waals surface area contributed by atoms with Crippen LogP contribution >= 0.6 is 0 Å². The minimum absolute atomic E-state index is 0.861. The van der Waals surface area contributed by atoms with Gasteiger partial charge in [-0.25, -0.2) is 14.1 Å². The van der Waals surface area contributed by atoms with E-state index in [1.165, 1.54) is 11.1 Å². The highest BCUT2D eigenvalue weighted by atomic mass is 16.3. The zero-order valence-electron chi connectivity index (χ0n) is 22.2. The predicted octanol–water partition coefficient (Wildman–Crippen LogP) is 8.12. The molecule has 0 fully saturated rings. The molecule has 39 heavy (non-hydrogen) atoms. The molecule has 4 nitrogen and oxygen atoms in total. The average molecular weight is 507 g/mol. The van der Waals surface area contributed by atoms with Crippen molar-refractivity contribution in [2.45, 2.75) is 6.92 Å². The van der Waals surface area contributed by atoms with Gasteiger partial charge in [0.15, 0.2) is 5.58 Å². The second-order valence-corrected chi connectivity index (χ2v) is 10.1. The van der Waals surface area contributed by atoms with E-state index in [0.717, 1.165) is 61.4 Å². The molecule has 4 heteroatoms. The molecule has 0 saturated carbocycles. The summed E-state index contributed by atoms with van der Waals surface area (Å²) in [5, 5.41) is 2.23. The molecule has 0 unspecified atom stereocenters. The Labute approximate surface area is 227 Å².